The van der Waals surface area contributed by atoms with Gasteiger partial charge in [-0.2, -0.15) is 9.61 Å². The lowest BCUT2D eigenvalue weighted by Gasteiger charge is -2.13. The Morgan fingerprint density at radius 1 is 1.14 bits per heavy atom. The quantitative estimate of drug-likeness (QED) is 0.807. The van der Waals surface area contributed by atoms with E-state index in [0.717, 1.165) is 27.8 Å². The van der Waals surface area contributed by atoms with Crippen molar-refractivity contribution >= 4 is 16.3 Å². The van der Waals surface area contributed by atoms with Crippen LogP contribution in [-0.2, 0) is 11.8 Å². The lowest BCUT2D eigenvalue weighted by molar-refractivity contribution is 0.528. The van der Waals surface area contributed by atoms with Crippen LogP contribution in [0.2, 0.25) is 0 Å². The van der Waals surface area contributed by atoms with E-state index in [0.29, 0.717) is 6.54 Å². The normalized spacial score (nSPS) is 12.2. The summed E-state index contributed by atoms with van der Waals surface area (Å²) in [4.78, 5) is 0.834. The number of nitrogens with zero attached hydrogens (tertiary/aromatic N) is 4. The second kappa shape index (κ2) is 5.20. The monoisotopic (exact) mass is 301 g/mol. The predicted octanol–water partition coefficient (Wildman–Crippen LogP) is 2.65. The van der Waals surface area contributed by atoms with Crippen molar-refractivity contribution in [3.63, 3.8) is 0 Å². The van der Waals surface area contributed by atoms with Gasteiger partial charge in [0.25, 0.3) is 0 Å². The van der Waals surface area contributed by atoms with Gasteiger partial charge in [0.05, 0.1) is 0 Å². The van der Waals surface area contributed by atoms with Crippen LogP contribution in [0, 0.1) is 0 Å². The summed E-state index contributed by atoms with van der Waals surface area (Å²) in [7, 11) is 0. The molecule has 2 heterocycles. The Kier molecular flexibility index (Phi) is 3.51. The highest BCUT2D eigenvalue weighted by Crippen LogP contribution is 2.28. The molecule has 0 radical (unpaired) electrons. The van der Waals surface area contributed by atoms with E-state index in [-0.39, 0.29) is 5.41 Å². The average molecular weight is 301 g/mol. The fraction of sp³-hybridized carbons (Fsp3) is 0.400. The molecule has 6 heteroatoms. The molecule has 0 spiro atoms. The van der Waals surface area contributed by atoms with Gasteiger partial charge in [0, 0.05) is 11.0 Å². The maximum Gasteiger partial charge on any atom is 0.235 e. The van der Waals surface area contributed by atoms with E-state index in [2.05, 4.69) is 60.3 Å². The lowest BCUT2D eigenvalue weighted by Crippen LogP contribution is -2.16. The summed E-state index contributed by atoms with van der Waals surface area (Å²) < 4.78 is 1.85. The third-order valence-electron chi connectivity index (χ3n) is 3.30. The van der Waals surface area contributed by atoms with E-state index in [1.807, 2.05) is 4.52 Å². The molecule has 110 valence electrons. The fourth-order valence-corrected chi connectivity index (χ4v) is 3.03. The molecule has 0 aliphatic heterocycles. The molecule has 3 rings (SSSR count). The highest BCUT2D eigenvalue weighted by molar-refractivity contribution is 7.19. The fourth-order valence-electron chi connectivity index (χ4n) is 2.18. The Balaban J connectivity index is 1.99. The van der Waals surface area contributed by atoms with Crippen molar-refractivity contribution in [2.75, 3.05) is 6.54 Å². The molecular formula is C15H19N5S. The van der Waals surface area contributed by atoms with Crippen LogP contribution in [0.5, 0.6) is 0 Å². The van der Waals surface area contributed by atoms with Gasteiger partial charge in [-0.05, 0) is 18.5 Å². The molecule has 2 N–H and O–H groups in total. The standard InChI is InChI=1S/C15H19N5S/c1-15(2,3)13-17-18-14-20(13)19-12(21-14)11-6-4-10(5-7-11)8-9-16/h4-7H,8-9,16H2,1-3H3. The third kappa shape index (κ3) is 2.69. The molecule has 1 aromatic carbocycles. The summed E-state index contributed by atoms with van der Waals surface area (Å²) in [5.74, 6) is 0.889. The first-order valence-corrected chi connectivity index (χ1v) is 7.83. The predicted molar refractivity (Wildman–Crippen MR) is 85.6 cm³/mol. The van der Waals surface area contributed by atoms with Crippen LogP contribution in [0.3, 0.4) is 0 Å². The minimum atomic E-state index is -0.0737. The molecule has 0 atom stereocenters. The van der Waals surface area contributed by atoms with Gasteiger partial charge in [-0.15, -0.1) is 10.2 Å². The first-order valence-electron chi connectivity index (χ1n) is 7.01. The SMILES string of the molecule is CC(C)(C)c1nnc2sc(-c3ccc(CCN)cc3)nn12. The Bertz CT molecular complexity index is 749. The molecule has 0 bridgehead atoms. The van der Waals surface area contributed by atoms with E-state index >= 15 is 0 Å². The molecule has 0 aliphatic carbocycles. The molecule has 0 saturated carbocycles. The highest BCUT2D eigenvalue weighted by atomic mass is 32.1. The number of nitrogens with two attached hydrogens (primary N) is 1. The van der Waals surface area contributed by atoms with E-state index in [9.17, 15) is 0 Å². The van der Waals surface area contributed by atoms with Gasteiger partial charge in [-0.1, -0.05) is 56.4 Å². The zero-order valence-corrected chi connectivity index (χ0v) is 13.3. The average Bonchev–Trinajstić information content (AvgIpc) is 2.98. The Morgan fingerprint density at radius 2 is 1.86 bits per heavy atom. The Morgan fingerprint density at radius 3 is 2.48 bits per heavy atom. The van der Waals surface area contributed by atoms with Crippen molar-refractivity contribution in [2.45, 2.75) is 32.6 Å². The van der Waals surface area contributed by atoms with Gasteiger partial charge in [0.15, 0.2) is 5.82 Å². The van der Waals surface area contributed by atoms with Crippen molar-refractivity contribution < 1.29 is 0 Å². The van der Waals surface area contributed by atoms with Gasteiger partial charge in [0.1, 0.15) is 5.01 Å². The van der Waals surface area contributed by atoms with Crippen LogP contribution in [0.15, 0.2) is 24.3 Å². The maximum atomic E-state index is 5.58. The zero-order valence-electron chi connectivity index (χ0n) is 12.5. The minimum absolute atomic E-state index is 0.0737. The van der Waals surface area contributed by atoms with E-state index in [1.165, 1.54) is 5.56 Å². The Hall–Kier alpha value is -1.79. The second-order valence-electron chi connectivity index (χ2n) is 6.11. The van der Waals surface area contributed by atoms with Crippen molar-refractivity contribution in [1.82, 2.24) is 19.8 Å². The molecule has 0 unspecified atom stereocenters. The van der Waals surface area contributed by atoms with Crippen LogP contribution in [-0.4, -0.2) is 26.4 Å². The van der Waals surface area contributed by atoms with E-state index in [1.54, 1.807) is 11.3 Å². The van der Waals surface area contributed by atoms with Gasteiger partial charge in [-0.3, -0.25) is 0 Å². The first-order chi connectivity index (χ1) is 9.99. The van der Waals surface area contributed by atoms with Gasteiger partial charge in [-0.25, -0.2) is 0 Å². The van der Waals surface area contributed by atoms with Crippen molar-refractivity contribution in [2.24, 2.45) is 5.73 Å². The second-order valence-corrected chi connectivity index (χ2v) is 7.07. The summed E-state index contributed by atoms with van der Waals surface area (Å²) in [6, 6.07) is 8.39. The van der Waals surface area contributed by atoms with Crippen LogP contribution in [0.25, 0.3) is 15.5 Å². The minimum Gasteiger partial charge on any atom is -0.330 e. The van der Waals surface area contributed by atoms with Gasteiger partial charge in [0.2, 0.25) is 4.96 Å². The number of fused-ring (bicyclic) bond motifs is 1. The van der Waals surface area contributed by atoms with E-state index in [4.69, 9.17) is 5.73 Å². The molecule has 5 nitrogen and oxygen atoms in total. The van der Waals surface area contributed by atoms with Crippen LogP contribution in [0.4, 0.5) is 0 Å². The van der Waals surface area contributed by atoms with Crippen LogP contribution < -0.4 is 5.73 Å². The van der Waals surface area contributed by atoms with Crippen molar-refractivity contribution in [3.8, 4) is 10.6 Å². The summed E-state index contributed by atoms with van der Waals surface area (Å²) in [5.41, 5.74) is 7.85. The molecule has 0 aliphatic rings. The number of hydrogen-bond acceptors (Lipinski definition) is 5. The first kappa shape index (κ1) is 14.2. The Labute approximate surface area is 127 Å². The molecule has 0 fully saturated rings. The molecule has 2 aromatic heterocycles. The molecule has 0 amide bonds. The van der Waals surface area contributed by atoms with Crippen LogP contribution >= 0.6 is 11.3 Å². The number of hydrogen-bond donors (Lipinski definition) is 1. The number of benzene rings is 1. The summed E-state index contributed by atoms with van der Waals surface area (Å²) in [6.07, 6.45) is 0.902. The third-order valence-corrected chi connectivity index (χ3v) is 4.24. The summed E-state index contributed by atoms with van der Waals surface area (Å²) in [5, 5.41) is 14.1. The van der Waals surface area contributed by atoms with Gasteiger partial charge >= 0.3 is 0 Å². The van der Waals surface area contributed by atoms with Crippen LogP contribution in [0.1, 0.15) is 32.2 Å². The van der Waals surface area contributed by atoms with Gasteiger partial charge < -0.3 is 5.73 Å². The summed E-state index contributed by atoms with van der Waals surface area (Å²) >= 11 is 1.56. The van der Waals surface area contributed by atoms with E-state index < -0.39 is 0 Å². The lowest BCUT2D eigenvalue weighted by atomic mass is 9.96. The molecule has 21 heavy (non-hydrogen) atoms. The molecule has 3 aromatic rings. The topological polar surface area (TPSA) is 69.1 Å². The molecular weight excluding hydrogens is 282 g/mol. The largest absolute Gasteiger partial charge is 0.330 e. The van der Waals surface area contributed by atoms with Crippen molar-refractivity contribution in [1.29, 1.82) is 0 Å². The number of aromatic nitrogens is 4. The summed E-state index contributed by atoms with van der Waals surface area (Å²) in [6.45, 7) is 7.02. The molecule has 0 saturated heterocycles. The smallest absolute Gasteiger partial charge is 0.235 e. The van der Waals surface area contributed by atoms with Crippen molar-refractivity contribution in [3.05, 3.63) is 35.7 Å². The number of rotatable bonds is 3. The maximum absolute atomic E-state index is 5.58. The highest BCUT2D eigenvalue weighted by Gasteiger charge is 2.23. The zero-order chi connectivity index (χ0) is 15.0.